The molecule has 1 saturated heterocycles. The number of hydrogen-bond donors (Lipinski definition) is 1. The minimum Gasteiger partial charge on any atom is -0.316 e. The fourth-order valence-electron chi connectivity index (χ4n) is 1.51. The molecule has 0 unspecified atom stereocenters. The molecule has 2 rings (SSSR count). The monoisotopic (exact) mass is 141 g/mol. The Morgan fingerprint density at radius 3 is 1.70 bits per heavy atom. The minimum absolute atomic E-state index is 0.833. The maximum atomic E-state index is 3.30. The molecule has 1 N–H and O–H groups in total. The zero-order valence-electron chi connectivity index (χ0n) is 7.24. The van der Waals surface area contributed by atoms with Gasteiger partial charge in [-0.05, 0) is 18.3 Å². The van der Waals surface area contributed by atoms with Gasteiger partial charge in [-0.3, -0.25) is 0 Å². The van der Waals surface area contributed by atoms with E-state index < -0.39 is 0 Å². The van der Waals surface area contributed by atoms with Gasteiger partial charge in [-0.1, -0.05) is 26.7 Å². The summed E-state index contributed by atoms with van der Waals surface area (Å²) in [5.41, 5.74) is 0.833. The van der Waals surface area contributed by atoms with Crippen LogP contribution in [0.4, 0.5) is 0 Å². The van der Waals surface area contributed by atoms with E-state index in [9.17, 15) is 0 Å². The van der Waals surface area contributed by atoms with Crippen LogP contribution in [0.15, 0.2) is 0 Å². The Kier molecular flexibility index (Phi) is 2.72. The minimum atomic E-state index is 0.833. The van der Waals surface area contributed by atoms with Crippen LogP contribution in [-0.2, 0) is 0 Å². The van der Waals surface area contributed by atoms with Crippen molar-refractivity contribution in [1.82, 2.24) is 5.32 Å². The van der Waals surface area contributed by atoms with Crippen molar-refractivity contribution < 1.29 is 0 Å². The van der Waals surface area contributed by atoms with Crippen molar-refractivity contribution >= 4 is 0 Å². The molecule has 0 atom stereocenters. The van der Waals surface area contributed by atoms with Gasteiger partial charge in [-0.15, -0.1) is 0 Å². The van der Waals surface area contributed by atoms with Gasteiger partial charge in [0.2, 0.25) is 0 Å². The summed E-state index contributed by atoms with van der Waals surface area (Å²) in [4.78, 5) is 0. The van der Waals surface area contributed by atoms with Gasteiger partial charge < -0.3 is 5.32 Å². The Bertz CT molecular complexity index is 75.4. The molecule has 10 heavy (non-hydrogen) atoms. The average Bonchev–Trinajstić information content (AvgIpc) is 1.57. The maximum Gasteiger partial charge on any atom is 0.00202 e. The van der Waals surface area contributed by atoms with Crippen LogP contribution in [0.5, 0.6) is 0 Å². The Hall–Kier alpha value is -0.0400. The molecule has 1 aliphatic carbocycles. The van der Waals surface area contributed by atoms with Crippen molar-refractivity contribution in [3.05, 3.63) is 0 Å². The first kappa shape index (κ1) is 8.06. The van der Waals surface area contributed by atoms with Crippen molar-refractivity contribution in [1.29, 1.82) is 0 Å². The van der Waals surface area contributed by atoms with Crippen LogP contribution in [-0.4, -0.2) is 13.1 Å². The van der Waals surface area contributed by atoms with Gasteiger partial charge in [0.05, 0.1) is 0 Å². The second kappa shape index (κ2) is 3.38. The number of hydrogen-bond acceptors (Lipinski definition) is 1. The molecule has 1 aliphatic heterocycles. The van der Waals surface area contributed by atoms with Crippen molar-refractivity contribution in [3.8, 4) is 0 Å². The lowest BCUT2D eigenvalue weighted by Gasteiger charge is -2.49. The summed E-state index contributed by atoms with van der Waals surface area (Å²) in [7, 11) is 0. The SMILES string of the molecule is C1CC2(C1)CNC2.CCC. The summed E-state index contributed by atoms with van der Waals surface area (Å²) < 4.78 is 0. The lowest BCUT2D eigenvalue weighted by Crippen LogP contribution is -2.57. The van der Waals surface area contributed by atoms with Gasteiger partial charge in [0.15, 0.2) is 0 Å². The molecule has 1 heterocycles. The molecule has 0 amide bonds. The highest BCUT2D eigenvalue weighted by molar-refractivity contribution is 4.97. The highest BCUT2D eigenvalue weighted by Gasteiger charge is 2.41. The van der Waals surface area contributed by atoms with Crippen LogP contribution >= 0.6 is 0 Å². The Morgan fingerprint density at radius 2 is 1.70 bits per heavy atom. The third-order valence-corrected chi connectivity index (χ3v) is 2.41. The molecule has 0 aromatic heterocycles. The summed E-state index contributed by atoms with van der Waals surface area (Å²) in [6.45, 7) is 6.88. The van der Waals surface area contributed by atoms with Gasteiger partial charge >= 0.3 is 0 Å². The zero-order valence-corrected chi connectivity index (χ0v) is 7.24. The molecule has 0 aromatic carbocycles. The predicted molar refractivity (Wildman–Crippen MR) is 45.1 cm³/mol. The van der Waals surface area contributed by atoms with Gasteiger partial charge in [0.25, 0.3) is 0 Å². The average molecular weight is 141 g/mol. The molecule has 1 saturated carbocycles. The van der Waals surface area contributed by atoms with E-state index in [-0.39, 0.29) is 0 Å². The Morgan fingerprint density at radius 1 is 1.20 bits per heavy atom. The summed E-state index contributed by atoms with van der Waals surface area (Å²) >= 11 is 0. The van der Waals surface area contributed by atoms with Crippen molar-refractivity contribution in [2.24, 2.45) is 5.41 Å². The first-order chi connectivity index (χ1) is 4.83. The first-order valence-electron chi connectivity index (χ1n) is 4.54. The summed E-state index contributed by atoms with van der Waals surface area (Å²) in [5.74, 6) is 0. The van der Waals surface area contributed by atoms with E-state index in [1.54, 1.807) is 0 Å². The molecular weight excluding hydrogens is 122 g/mol. The van der Waals surface area contributed by atoms with Crippen LogP contribution < -0.4 is 5.32 Å². The van der Waals surface area contributed by atoms with Crippen molar-refractivity contribution in [2.75, 3.05) is 13.1 Å². The predicted octanol–water partition coefficient (Wildman–Crippen LogP) is 2.18. The summed E-state index contributed by atoms with van der Waals surface area (Å²) in [5, 5.41) is 3.30. The lowest BCUT2D eigenvalue weighted by molar-refractivity contribution is 0.0603. The number of nitrogens with one attached hydrogen (secondary N) is 1. The van der Waals surface area contributed by atoms with E-state index >= 15 is 0 Å². The third-order valence-electron chi connectivity index (χ3n) is 2.41. The lowest BCUT2D eigenvalue weighted by atomic mass is 9.65. The van der Waals surface area contributed by atoms with E-state index in [0.29, 0.717) is 0 Å². The van der Waals surface area contributed by atoms with Gasteiger partial charge in [-0.2, -0.15) is 0 Å². The molecule has 1 spiro atoms. The third kappa shape index (κ3) is 1.51. The Labute approximate surface area is 64.2 Å². The highest BCUT2D eigenvalue weighted by atomic mass is 15.0. The van der Waals surface area contributed by atoms with E-state index in [0.717, 1.165) is 5.41 Å². The smallest absolute Gasteiger partial charge is 0.00202 e. The fourth-order valence-corrected chi connectivity index (χ4v) is 1.51. The normalized spacial score (nSPS) is 25.8. The van der Waals surface area contributed by atoms with Crippen molar-refractivity contribution in [3.63, 3.8) is 0 Å². The summed E-state index contributed by atoms with van der Waals surface area (Å²) in [6, 6.07) is 0. The van der Waals surface area contributed by atoms with E-state index in [4.69, 9.17) is 0 Å². The zero-order chi connectivity index (χ0) is 7.45. The second-order valence-corrected chi connectivity index (χ2v) is 3.66. The quantitative estimate of drug-likeness (QED) is 0.545. The van der Waals surface area contributed by atoms with E-state index in [1.165, 1.54) is 38.8 Å². The molecule has 0 aromatic rings. The van der Waals surface area contributed by atoms with E-state index in [1.807, 2.05) is 0 Å². The maximum absolute atomic E-state index is 3.30. The van der Waals surface area contributed by atoms with Crippen LogP contribution in [0.3, 0.4) is 0 Å². The standard InChI is InChI=1S/C6H11N.C3H8/c1-2-6(3-1)4-7-5-6;1-3-2/h7H,1-5H2;3H2,1-2H3. The van der Waals surface area contributed by atoms with E-state index in [2.05, 4.69) is 19.2 Å². The molecule has 1 heteroatoms. The van der Waals surface area contributed by atoms with Gasteiger partial charge in [-0.25, -0.2) is 0 Å². The molecule has 0 radical (unpaired) electrons. The van der Waals surface area contributed by atoms with Crippen molar-refractivity contribution in [2.45, 2.75) is 39.5 Å². The highest BCUT2D eigenvalue weighted by Crippen LogP contribution is 2.43. The van der Waals surface area contributed by atoms with Crippen LogP contribution in [0.1, 0.15) is 39.5 Å². The second-order valence-electron chi connectivity index (χ2n) is 3.66. The first-order valence-corrected chi connectivity index (χ1v) is 4.54. The van der Waals surface area contributed by atoms with Crippen LogP contribution in [0.25, 0.3) is 0 Å². The fraction of sp³-hybridized carbons (Fsp3) is 1.00. The topological polar surface area (TPSA) is 12.0 Å². The molecule has 2 aliphatic rings. The molecular formula is C9H19N. The number of rotatable bonds is 0. The Balaban J connectivity index is 0.000000148. The van der Waals surface area contributed by atoms with Crippen LogP contribution in [0, 0.1) is 5.41 Å². The molecule has 1 nitrogen and oxygen atoms in total. The largest absolute Gasteiger partial charge is 0.316 e. The molecule has 60 valence electrons. The van der Waals surface area contributed by atoms with Crippen LogP contribution in [0.2, 0.25) is 0 Å². The van der Waals surface area contributed by atoms with Gasteiger partial charge in [0, 0.05) is 13.1 Å². The van der Waals surface area contributed by atoms with Gasteiger partial charge in [0.1, 0.15) is 0 Å². The summed E-state index contributed by atoms with van der Waals surface area (Å²) in [6.07, 6.45) is 5.74. The molecule has 0 bridgehead atoms. The molecule has 2 fully saturated rings.